The predicted molar refractivity (Wildman–Crippen MR) is 63.0 cm³/mol. The average molecular weight is 228 g/mol. The van der Waals surface area contributed by atoms with E-state index in [4.69, 9.17) is 9.47 Å². The Bertz CT molecular complexity index is 377. The summed E-state index contributed by atoms with van der Waals surface area (Å²) >= 11 is 0. The second-order valence-corrected chi connectivity index (χ2v) is 3.19. The number of aliphatic imine (C=N–C) groups is 1. The minimum atomic E-state index is 0. The van der Waals surface area contributed by atoms with Crippen molar-refractivity contribution in [2.45, 2.75) is 6.42 Å². The van der Waals surface area contributed by atoms with Gasteiger partial charge in [-0.3, -0.25) is 4.99 Å². The third-order valence-electron chi connectivity index (χ3n) is 2.39. The lowest BCUT2D eigenvalue weighted by Crippen LogP contribution is -2.05. The first-order valence-corrected chi connectivity index (χ1v) is 4.60. The average Bonchev–Trinajstić information content (AvgIpc) is 2.27. The molecule has 1 aliphatic heterocycles. The SMILES string of the molecule is COc1cc2c(c(OC)c1)C=NCC2.Cl. The van der Waals surface area contributed by atoms with Gasteiger partial charge in [0.1, 0.15) is 11.5 Å². The third kappa shape index (κ3) is 2.23. The monoisotopic (exact) mass is 227 g/mol. The summed E-state index contributed by atoms with van der Waals surface area (Å²) in [5, 5.41) is 0. The molecule has 0 saturated heterocycles. The number of halogens is 1. The zero-order valence-corrected chi connectivity index (χ0v) is 9.63. The van der Waals surface area contributed by atoms with Gasteiger partial charge in [0.25, 0.3) is 0 Å². The van der Waals surface area contributed by atoms with Gasteiger partial charge < -0.3 is 9.47 Å². The van der Waals surface area contributed by atoms with Crippen LogP contribution in [0, 0.1) is 0 Å². The molecule has 0 bridgehead atoms. The smallest absolute Gasteiger partial charge is 0.131 e. The zero-order valence-electron chi connectivity index (χ0n) is 8.82. The molecule has 1 aromatic rings. The molecule has 0 saturated carbocycles. The lowest BCUT2D eigenvalue weighted by atomic mass is 10.0. The molecule has 0 fully saturated rings. The van der Waals surface area contributed by atoms with Crippen LogP contribution in [0.1, 0.15) is 11.1 Å². The molecule has 3 nitrogen and oxygen atoms in total. The summed E-state index contributed by atoms with van der Waals surface area (Å²) in [6.45, 7) is 0.851. The van der Waals surface area contributed by atoms with Gasteiger partial charge in [0.05, 0.1) is 14.2 Å². The van der Waals surface area contributed by atoms with Crippen molar-refractivity contribution in [3.05, 3.63) is 23.3 Å². The summed E-state index contributed by atoms with van der Waals surface area (Å²) in [4.78, 5) is 4.24. The Kier molecular flexibility index (Phi) is 3.97. The van der Waals surface area contributed by atoms with E-state index in [1.807, 2.05) is 18.3 Å². The number of methoxy groups -OCH3 is 2. The highest BCUT2D eigenvalue weighted by atomic mass is 35.5. The molecule has 1 heterocycles. The Morgan fingerprint density at radius 3 is 2.67 bits per heavy atom. The van der Waals surface area contributed by atoms with E-state index < -0.39 is 0 Å². The van der Waals surface area contributed by atoms with Crippen LogP contribution in [0.15, 0.2) is 17.1 Å². The number of hydrogen-bond acceptors (Lipinski definition) is 3. The van der Waals surface area contributed by atoms with Gasteiger partial charge in [-0.2, -0.15) is 0 Å². The Morgan fingerprint density at radius 2 is 2.00 bits per heavy atom. The van der Waals surface area contributed by atoms with Crippen LogP contribution in [0.2, 0.25) is 0 Å². The van der Waals surface area contributed by atoms with Crippen molar-refractivity contribution in [3.63, 3.8) is 0 Å². The fourth-order valence-electron chi connectivity index (χ4n) is 1.64. The topological polar surface area (TPSA) is 30.8 Å². The molecule has 0 aliphatic carbocycles. The normalized spacial score (nSPS) is 12.7. The first-order valence-electron chi connectivity index (χ1n) is 4.60. The van der Waals surface area contributed by atoms with E-state index in [0.717, 1.165) is 30.0 Å². The number of nitrogens with zero attached hydrogens (tertiary/aromatic N) is 1. The lowest BCUT2D eigenvalue weighted by Gasteiger charge is -2.15. The van der Waals surface area contributed by atoms with Gasteiger partial charge in [0.2, 0.25) is 0 Å². The Labute approximate surface area is 95.5 Å². The van der Waals surface area contributed by atoms with E-state index in [0.29, 0.717) is 0 Å². The molecule has 1 aliphatic rings. The van der Waals surface area contributed by atoms with Crippen molar-refractivity contribution in [2.75, 3.05) is 20.8 Å². The van der Waals surface area contributed by atoms with Crippen molar-refractivity contribution in [1.82, 2.24) is 0 Å². The maximum absolute atomic E-state index is 5.28. The van der Waals surface area contributed by atoms with Crippen molar-refractivity contribution in [3.8, 4) is 11.5 Å². The molecule has 0 aromatic heterocycles. The number of benzene rings is 1. The Balaban J connectivity index is 0.00000112. The zero-order chi connectivity index (χ0) is 9.97. The van der Waals surface area contributed by atoms with Crippen LogP contribution >= 0.6 is 12.4 Å². The molecule has 2 rings (SSSR count). The van der Waals surface area contributed by atoms with Gasteiger partial charge in [-0.1, -0.05) is 0 Å². The van der Waals surface area contributed by atoms with Crippen LogP contribution < -0.4 is 9.47 Å². The van der Waals surface area contributed by atoms with Crippen LogP contribution in [0.5, 0.6) is 11.5 Å². The van der Waals surface area contributed by atoms with Crippen LogP contribution in [-0.4, -0.2) is 27.0 Å². The van der Waals surface area contributed by atoms with Gasteiger partial charge >= 0.3 is 0 Å². The molecule has 1 aromatic carbocycles. The highest BCUT2D eigenvalue weighted by molar-refractivity contribution is 5.87. The molecule has 15 heavy (non-hydrogen) atoms. The maximum atomic E-state index is 5.28. The van der Waals surface area contributed by atoms with Crippen molar-refractivity contribution in [2.24, 2.45) is 4.99 Å². The van der Waals surface area contributed by atoms with Gasteiger partial charge in [0.15, 0.2) is 0 Å². The molecule has 0 atom stereocenters. The van der Waals surface area contributed by atoms with E-state index >= 15 is 0 Å². The third-order valence-corrected chi connectivity index (χ3v) is 2.39. The second kappa shape index (κ2) is 5.03. The van der Waals surface area contributed by atoms with Gasteiger partial charge in [-0.05, 0) is 18.1 Å². The molecule has 0 amide bonds. The van der Waals surface area contributed by atoms with Gasteiger partial charge in [-0.15, -0.1) is 12.4 Å². The number of ether oxygens (including phenoxy) is 2. The highest BCUT2D eigenvalue weighted by Crippen LogP contribution is 2.29. The standard InChI is InChI=1S/C11H13NO2.ClH/c1-13-9-5-8-3-4-12-7-10(8)11(6-9)14-2;/h5-7H,3-4H2,1-2H3;1H. The van der Waals surface area contributed by atoms with E-state index in [-0.39, 0.29) is 12.4 Å². The van der Waals surface area contributed by atoms with E-state index in [1.165, 1.54) is 5.56 Å². The Hall–Kier alpha value is -1.22. The maximum Gasteiger partial charge on any atom is 0.131 e. The summed E-state index contributed by atoms with van der Waals surface area (Å²) in [7, 11) is 3.33. The number of fused-ring (bicyclic) bond motifs is 1. The van der Waals surface area contributed by atoms with E-state index in [1.54, 1.807) is 14.2 Å². The van der Waals surface area contributed by atoms with Crippen molar-refractivity contribution < 1.29 is 9.47 Å². The molecule has 0 radical (unpaired) electrons. The summed E-state index contributed by atoms with van der Waals surface area (Å²) in [6, 6.07) is 3.93. The summed E-state index contributed by atoms with van der Waals surface area (Å²) < 4.78 is 10.5. The second-order valence-electron chi connectivity index (χ2n) is 3.19. The van der Waals surface area contributed by atoms with Crippen LogP contribution in [0.25, 0.3) is 0 Å². The van der Waals surface area contributed by atoms with Gasteiger partial charge in [-0.25, -0.2) is 0 Å². The molecule has 4 heteroatoms. The van der Waals surface area contributed by atoms with E-state index in [9.17, 15) is 0 Å². The molecule has 0 unspecified atom stereocenters. The number of hydrogen-bond donors (Lipinski definition) is 0. The molecular formula is C11H14ClNO2. The Morgan fingerprint density at radius 1 is 1.20 bits per heavy atom. The fraction of sp³-hybridized carbons (Fsp3) is 0.364. The number of rotatable bonds is 2. The predicted octanol–water partition coefficient (Wildman–Crippen LogP) is 2.10. The minimum Gasteiger partial charge on any atom is -0.497 e. The molecule has 0 spiro atoms. The highest BCUT2D eigenvalue weighted by Gasteiger charge is 2.12. The van der Waals surface area contributed by atoms with Crippen LogP contribution in [0.4, 0.5) is 0 Å². The quantitative estimate of drug-likeness (QED) is 0.775. The molecular weight excluding hydrogens is 214 g/mol. The van der Waals surface area contributed by atoms with Crippen molar-refractivity contribution >= 4 is 18.6 Å². The summed E-state index contributed by atoms with van der Waals surface area (Å²) in [6.07, 6.45) is 2.83. The minimum absolute atomic E-state index is 0. The first kappa shape index (κ1) is 11.9. The van der Waals surface area contributed by atoms with Crippen LogP contribution in [-0.2, 0) is 6.42 Å². The molecule has 82 valence electrons. The first-order chi connectivity index (χ1) is 6.85. The summed E-state index contributed by atoms with van der Waals surface area (Å²) in [5.41, 5.74) is 2.33. The summed E-state index contributed by atoms with van der Waals surface area (Å²) in [5.74, 6) is 1.68. The van der Waals surface area contributed by atoms with E-state index in [2.05, 4.69) is 4.99 Å². The largest absolute Gasteiger partial charge is 0.497 e. The van der Waals surface area contributed by atoms with Crippen molar-refractivity contribution in [1.29, 1.82) is 0 Å². The molecule has 0 N–H and O–H groups in total. The van der Waals surface area contributed by atoms with Gasteiger partial charge in [0, 0.05) is 24.4 Å². The fourth-order valence-corrected chi connectivity index (χ4v) is 1.64. The van der Waals surface area contributed by atoms with Crippen LogP contribution in [0.3, 0.4) is 0 Å². The lowest BCUT2D eigenvalue weighted by molar-refractivity contribution is 0.393.